The minimum atomic E-state index is -0.388. The van der Waals surface area contributed by atoms with Crippen LogP contribution < -0.4 is 0 Å². The Morgan fingerprint density at radius 3 is 2.79 bits per heavy atom. The van der Waals surface area contributed by atoms with Crippen molar-refractivity contribution in [1.29, 1.82) is 0 Å². The highest BCUT2D eigenvalue weighted by molar-refractivity contribution is 5.65. The van der Waals surface area contributed by atoms with Gasteiger partial charge in [0.1, 0.15) is 5.65 Å². The third-order valence-electron chi connectivity index (χ3n) is 3.94. The molecule has 0 saturated heterocycles. The number of fused-ring (bicyclic) bond motifs is 1. The zero-order valence-electron chi connectivity index (χ0n) is 12.8. The van der Waals surface area contributed by atoms with E-state index in [0.717, 1.165) is 28.2 Å². The van der Waals surface area contributed by atoms with Crippen LogP contribution in [0.4, 0.5) is 5.69 Å². The predicted octanol–water partition coefficient (Wildman–Crippen LogP) is 3.40. The number of nitrogens with zero attached hydrogens (tertiary/aromatic N) is 5. The first kappa shape index (κ1) is 14.1. The fourth-order valence-corrected chi connectivity index (χ4v) is 2.71. The Hall–Kier alpha value is -3.48. The Balaban J connectivity index is 1.88. The molecule has 7 heteroatoms. The van der Waals surface area contributed by atoms with Gasteiger partial charge in [0.25, 0.3) is 5.69 Å². The molecule has 0 unspecified atom stereocenters. The van der Waals surface area contributed by atoms with Crippen LogP contribution in [-0.4, -0.2) is 24.1 Å². The number of nitro benzene ring substituents is 1. The highest BCUT2D eigenvalue weighted by atomic mass is 16.6. The predicted molar refractivity (Wildman–Crippen MR) is 89.1 cm³/mol. The van der Waals surface area contributed by atoms with Gasteiger partial charge in [0.2, 0.25) is 0 Å². The molecule has 0 bridgehead atoms. The van der Waals surface area contributed by atoms with Crippen LogP contribution in [0.15, 0.2) is 61.2 Å². The van der Waals surface area contributed by atoms with E-state index in [9.17, 15) is 10.1 Å². The monoisotopic (exact) mass is 319 g/mol. The number of benzene rings is 1. The largest absolute Gasteiger partial charge is 0.300 e. The fourth-order valence-electron chi connectivity index (χ4n) is 2.71. The van der Waals surface area contributed by atoms with Crippen molar-refractivity contribution in [2.45, 2.75) is 6.92 Å². The summed E-state index contributed by atoms with van der Waals surface area (Å²) in [5.41, 5.74) is 4.32. The lowest BCUT2D eigenvalue weighted by atomic mass is 10.1. The summed E-state index contributed by atoms with van der Waals surface area (Å²) in [5, 5.41) is 15.6. The molecule has 0 aliphatic heterocycles. The summed E-state index contributed by atoms with van der Waals surface area (Å²) in [4.78, 5) is 14.8. The van der Waals surface area contributed by atoms with Crippen LogP contribution in [-0.2, 0) is 0 Å². The van der Waals surface area contributed by atoms with E-state index in [1.165, 1.54) is 6.07 Å². The summed E-state index contributed by atoms with van der Waals surface area (Å²) in [6, 6.07) is 10.6. The van der Waals surface area contributed by atoms with E-state index < -0.39 is 0 Å². The van der Waals surface area contributed by atoms with E-state index in [1.54, 1.807) is 29.0 Å². The number of non-ortho nitro benzene ring substituents is 1. The summed E-state index contributed by atoms with van der Waals surface area (Å²) >= 11 is 0. The molecule has 3 aromatic heterocycles. The lowest BCUT2D eigenvalue weighted by molar-refractivity contribution is -0.384. The Bertz CT molecular complexity index is 1050. The Labute approximate surface area is 137 Å². The smallest absolute Gasteiger partial charge is 0.271 e. The van der Waals surface area contributed by atoms with Crippen molar-refractivity contribution in [2.24, 2.45) is 0 Å². The molecule has 0 atom stereocenters. The molecule has 3 heterocycles. The average Bonchev–Trinajstić information content (AvgIpc) is 3.16. The third-order valence-corrected chi connectivity index (χ3v) is 3.94. The second-order valence-electron chi connectivity index (χ2n) is 5.47. The molecule has 0 aliphatic rings. The first-order chi connectivity index (χ1) is 11.6. The number of pyridine rings is 1. The van der Waals surface area contributed by atoms with Gasteiger partial charge in [-0.15, -0.1) is 0 Å². The van der Waals surface area contributed by atoms with Crippen LogP contribution in [0.1, 0.15) is 5.56 Å². The van der Waals surface area contributed by atoms with Gasteiger partial charge in [-0.3, -0.25) is 19.7 Å². The number of rotatable bonds is 3. The highest BCUT2D eigenvalue weighted by Crippen LogP contribution is 2.25. The van der Waals surface area contributed by atoms with Crippen molar-refractivity contribution >= 4 is 11.3 Å². The molecular formula is C17H13N5O2. The molecule has 0 fully saturated rings. The van der Waals surface area contributed by atoms with Gasteiger partial charge in [-0.2, -0.15) is 5.10 Å². The van der Waals surface area contributed by atoms with Gasteiger partial charge in [0.15, 0.2) is 0 Å². The maximum absolute atomic E-state index is 11.1. The summed E-state index contributed by atoms with van der Waals surface area (Å²) in [6.45, 7) is 1.92. The van der Waals surface area contributed by atoms with Gasteiger partial charge in [-0.1, -0.05) is 6.07 Å². The van der Waals surface area contributed by atoms with Gasteiger partial charge in [-0.25, -0.2) is 4.52 Å². The minimum absolute atomic E-state index is 0.0643. The Kier molecular flexibility index (Phi) is 3.13. The first-order valence-electron chi connectivity index (χ1n) is 7.36. The zero-order valence-corrected chi connectivity index (χ0v) is 12.8. The lowest BCUT2D eigenvalue weighted by Gasteiger charge is -2.07. The maximum Gasteiger partial charge on any atom is 0.271 e. The molecular weight excluding hydrogens is 306 g/mol. The fraction of sp³-hybridized carbons (Fsp3) is 0.0588. The van der Waals surface area contributed by atoms with Crippen LogP contribution >= 0.6 is 0 Å². The molecule has 0 aliphatic carbocycles. The van der Waals surface area contributed by atoms with Crippen LogP contribution in [0.5, 0.6) is 0 Å². The highest BCUT2D eigenvalue weighted by Gasteiger charge is 2.14. The van der Waals surface area contributed by atoms with Crippen molar-refractivity contribution in [2.75, 3.05) is 0 Å². The van der Waals surface area contributed by atoms with Crippen LogP contribution in [0.25, 0.3) is 22.6 Å². The molecule has 4 rings (SSSR count). The summed E-state index contributed by atoms with van der Waals surface area (Å²) in [6.07, 6.45) is 7.14. The molecule has 0 N–H and O–H groups in total. The van der Waals surface area contributed by atoms with Crippen molar-refractivity contribution < 1.29 is 4.92 Å². The number of aromatic nitrogens is 4. The molecule has 7 nitrogen and oxygen atoms in total. The van der Waals surface area contributed by atoms with Crippen LogP contribution in [0, 0.1) is 17.0 Å². The number of nitro groups is 1. The molecule has 4 aromatic rings. The van der Waals surface area contributed by atoms with Crippen LogP contribution in [0.3, 0.4) is 0 Å². The summed E-state index contributed by atoms with van der Waals surface area (Å²) in [7, 11) is 0. The SMILES string of the molecule is Cc1ccc([N+](=O)[O-])cc1-n1ccn2nc(-c3cccnc3)cc12. The average molecular weight is 319 g/mol. The van der Waals surface area contributed by atoms with E-state index >= 15 is 0 Å². The third kappa shape index (κ3) is 2.23. The Morgan fingerprint density at radius 1 is 1.17 bits per heavy atom. The van der Waals surface area contributed by atoms with E-state index in [0.29, 0.717) is 0 Å². The van der Waals surface area contributed by atoms with Crippen molar-refractivity contribution in [3.05, 3.63) is 76.9 Å². The van der Waals surface area contributed by atoms with E-state index in [-0.39, 0.29) is 10.6 Å². The summed E-state index contributed by atoms with van der Waals surface area (Å²) in [5.74, 6) is 0. The molecule has 0 amide bonds. The number of hydrogen-bond acceptors (Lipinski definition) is 4. The molecule has 24 heavy (non-hydrogen) atoms. The molecule has 118 valence electrons. The van der Waals surface area contributed by atoms with Crippen molar-refractivity contribution in [3.8, 4) is 16.9 Å². The quantitative estimate of drug-likeness (QED) is 0.428. The van der Waals surface area contributed by atoms with Gasteiger partial charge in [-0.05, 0) is 24.6 Å². The normalized spacial score (nSPS) is 11.0. The van der Waals surface area contributed by atoms with E-state index in [2.05, 4.69) is 10.1 Å². The van der Waals surface area contributed by atoms with Crippen molar-refractivity contribution in [1.82, 2.24) is 19.2 Å². The molecule has 1 aromatic carbocycles. The second-order valence-corrected chi connectivity index (χ2v) is 5.47. The van der Waals surface area contributed by atoms with E-state index in [1.807, 2.05) is 42.1 Å². The second kappa shape index (κ2) is 5.31. The maximum atomic E-state index is 11.1. The Morgan fingerprint density at radius 2 is 2.04 bits per heavy atom. The molecule has 0 radical (unpaired) electrons. The van der Waals surface area contributed by atoms with Gasteiger partial charge in [0.05, 0.1) is 16.3 Å². The lowest BCUT2D eigenvalue weighted by Crippen LogP contribution is -1.98. The van der Waals surface area contributed by atoms with Gasteiger partial charge >= 0.3 is 0 Å². The molecule has 0 spiro atoms. The van der Waals surface area contributed by atoms with E-state index in [4.69, 9.17) is 0 Å². The van der Waals surface area contributed by atoms with Crippen LogP contribution in [0.2, 0.25) is 0 Å². The standard InChI is InChI=1S/C17H13N5O2/c1-12-4-5-14(22(23)24)9-16(12)20-7-8-21-17(20)10-15(19-21)13-3-2-6-18-11-13/h2-11H,1H3. The molecule has 0 saturated carbocycles. The topological polar surface area (TPSA) is 78.3 Å². The summed E-state index contributed by atoms with van der Waals surface area (Å²) < 4.78 is 3.65. The first-order valence-corrected chi connectivity index (χ1v) is 7.36. The minimum Gasteiger partial charge on any atom is -0.300 e. The number of aryl methyl sites for hydroxylation is 1. The number of imidazole rings is 1. The zero-order chi connectivity index (χ0) is 16.7. The number of hydrogen-bond donors (Lipinski definition) is 0. The van der Waals surface area contributed by atoms with Gasteiger partial charge in [0, 0.05) is 48.5 Å². The van der Waals surface area contributed by atoms with Crippen molar-refractivity contribution in [3.63, 3.8) is 0 Å². The van der Waals surface area contributed by atoms with Gasteiger partial charge < -0.3 is 0 Å².